The molecule has 6 nitrogen and oxygen atoms in total. The number of benzene rings is 2. The van der Waals surface area contributed by atoms with Gasteiger partial charge in [0.1, 0.15) is 4.88 Å². The molecule has 5 N–H and O–H groups in total. The molecule has 148 valence electrons. The Kier molecular flexibility index (Phi) is 4.99. The third-order valence-electron chi connectivity index (χ3n) is 4.61. The number of aromatic amines is 1. The van der Waals surface area contributed by atoms with E-state index in [4.69, 9.17) is 10.8 Å². The Morgan fingerprint density at radius 1 is 1.24 bits per heavy atom. The molecular formula is C20H16F2N4O2S. The number of carbonyl (C=O) groups is 1. The van der Waals surface area contributed by atoms with Gasteiger partial charge in [-0.15, -0.1) is 11.3 Å². The van der Waals surface area contributed by atoms with Crippen molar-refractivity contribution in [2.24, 2.45) is 5.73 Å². The number of thiophene rings is 1. The van der Waals surface area contributed by atoms with Gasteiger partial charge < -0.3 is 21.1 Å². The highest BCUT2D eigenvalue weighted by Crippen LogP contribution is 2.32. The predicted molar refractivity (Wildman–Crippen MR) is 108 cm³/mol. The van der Waals surface area contributed by atoms with Gasteiger partial charge in [0.05, 0.1) is 23.4 Å². The quantitative estimate of drug-likeness (QED) is 0.375. The molecule has 4 rings (SSSR count). The number of rotatable bonds is 6. The van der Waals surface area contributed by atoms with Gasteiger partial charge in [-0.3, -0.25) is 0 Å². The first-order valence-corrected chi connectivity index (χ1v) is 9.55. The molecule has 0 bridgehead atoms. The summed E-state index contributed by atoms with van der Waals surface area (Å²) < 4.78 is 29.6. The van der Waals surface area contributed by atoms with Crippen molar-refractivity contribution in [3.05, 3.63) is 70.2 Å². The summed E-state index contributed by atoms with van der Waals surface area (Å²) in [6.45, 7) is 0.0400. The summed E-state index contributed by atoms with van der Waals surface area (Å²) in [7, 11) is 0. The molecular weight excluding hydrogens is 398 g/mol. The highest BCUT2D eigenvalue weighted by Gasteiger charge is 2.21. The van der Waals surface area contributed by atoms with Crippen molar-refractivity contribution in [3.63, 3.8) is 0 Å². The second-order valence-electron chi connectivity index (χ2n) is 6.40. The number of carboxylic acid groups (broad SMARTS) is 1. The number of hydrogen-bond acceptors (Lipinski definition) is 5. The Labute approximate surface area is 168 Å². The summed E-state index contributed by atoms with van der Waals surface area (Å²) in [6.07, 6.45) is 1.57. The Morgan fingerprint density at radius 3 is 2.79 bits per heavy atom. The zero-order chi connectivity index (χ0) is 20.5. The highest BCUT2D eigenvalue weighted by molar-refractivity contribution is 7.12. The molecule has 1 atom stereocenters. The Balaban J connectivity index is 1.65. The van der Waals surface area contributed by atoms with Crippen molar-refractivity contribution in [2.45, 2.75) is 6.04 Å². The average Bonchev–Trinajstić information content (AvgIpc) is 3.37. The van der Waals surface area contributed by atoms with Crippen LogP contribution in [-0.4, -0.2) is 27.6 Å². The zero-order valence-corrected chi connectivity index (χ0v) is 15.8. The number of nitrogens with one attached hydrogen (secondary N) is 2. The first-order valence-electron chi connectivity index (χ1n) is 8.67. The van der Waals surface area contributed by atoms with Crippen molar-refractivity contribution < 1.29 is 18.7 Å². The first-order chi connectivity index (χ1) is 14.0. The van der Waals surface area contributed by atoms with E-state index < -0.39 is 23.6 Å². The van der Waals surface area contributed by atoms with Gasteiger partial charge in [-0.2, -0.15) is 0 Å². The van der Waals surface area contributed by atoms with Crippen LogP contribution in [0.3, 0.4) is 0 Å². The summed E-state index contributed by atoms with van der Waals surface area (Å²) in [5.74, 6) is -3.17. The smallest absolute Gasteiger partial charge is 0.345 e. The molecule has 29 heavy (non-hydrogen) atoms. The van der Waals surface area contributed by atoms with E-state index in [1.807, 2.05) is 6.07 Å². The van der Waals surface area contributed by atoms with Crippen LogP contribution in [0.4, 0.5) is 14.5 Å². The molecule has 0 fully saturated rings. The normalized spacial score (nSPS) is 12.2. The zero-order valence-electron chi connectivity index (χ0n) is 14.9. The lowest BCUT2D eigenvalue weighted by molar-refractivity contribution is 0.0702. The lowest BCUT2D eigenvalue weighted by Crippen LogP contribution is -2.22. The number of anilines is 1. The van der Waals surface area contributed by atoms with E-state index in [-0.39, 0.29) is 22.5 Å². The number of H-pyrrole nitrogens is 1. The van der Waals surface area contributed by atoms with Gasteiger partial charge in [-0.05, 0) is 35.2 Å². The summed E-state index contributed by atoms with van der Waals surface area (Å²) in [6, 6.07) is 8.96. The maximum atomic E-state index is 14.9. The van der Waals surface area contributed by atoms with Gasteiger partial charge in [0, 0.05) is 23.4 Å². The fourth-order valence-electron chi connectivity index (χ4n) is 3.14. The molecule has 4 aromatic rings. The number of carboxylic acids is 1. The van der Waals surface area contributed by atoms with E-state index >= 15 is 0 Å². The van der Waals surface area contributed by atoms with Crippen LogP contribution in [0, 0.1) is 11.6 Å². The van der Waals surface area contributed by atoms with Crippen molar-refractivity contribution >= 4 is 34.0 Å². The lowest BCUT2D eigenvalue weighted by Gasteiger charge is -2.20. The van der Waals surface area contributed by atoms with Crippen LogP contribution < -0.4 is 11.1 Å². The van der Waals surface area contributed by atoms with E-state index in [2.05, 4.69) is 15.3 Å². The largest absolute Gasteiger partial charge is 0.477 e. The van der Waals surface area contributed by atoms with Gasteiger partial charge >= 0.3 is 5.97 Å². The van der Waals surface area contributed by atoms with Crippen LogP contribution in [-0.2, 0) is 0 Å². The minimum atomic E-state index is -1.11. The van der Waals surface area contributed by atoms with E-state index in [1.165, 1.54) is 23.6 Å². The number of nitrogens with zero attached hydrogens (tertiary/aromatic N) is 1. The third kappa shape index (κ3) is 3.57. The Bertz CT molecular complexity index is 1200. The molecule has 2 aromatic carbocycles. The van der Waals surface area contributed by atoms with Crippen LogP contribution >= 0.6 is 11.3 Å². The molecule has 1 unspecified atom stereocenters. The van der Waals surface area contributed by atoms with Gasteiger partial charge in [-0.1, -0.05) is 12.1 Å². The number of nitrogens with two attached hydrogens (primary N) is 1. The standard InChI is InChI=1S/C20H16F2N4O2S/c21-18-12(10-5-17(20(27)28)29-8-10)2-3-13(19(18)22)16(7-23)26-11-1-4-14-15(6-11)25-9-24-14/h1-6,8-9,16,26H,7,23H2,(H,24,25)(H,27,28). The van der Waals surface area contributed by atoms with Gasteiger partial charge in [-0.25, -0.2) is 18.6 Å². The fraction of sp³-hybridized carbons (Fsp3) is 0.100. The highest BCUT2D eigenvalue weighted by atomic mass is 32.1. The summed E-state index contributed by atoms with van der Waals surface area (Å²) in [5.41, 5.74) is 8.51. The molecule has 0 saturated heterocycles. The molecule has 2 heterocycles. The monoisotopic (exact) mass is 414 g/mol. The summed E-state index contributed by atoms with van der Waals surface area (Å²) in [4.78, 5) is 18.2. The molecule has 0 aliphatic heterocycles. The van der Waals surface area contributed by atoms with E-state index in [0.29, 0.717) is 11.3 Å². The number of hydrogen-bond donors (Lipinski definition) is 4. The topological polar surface area (TPSA) is 104 Å². The van der Waals surface area contributed by atoms with Crippen LogP contribution in [0.15, 0.2) is 48.1 Å². The van der Waals surface area contributed by atoms with Gasteiger partial charge in [0.15, 0.2) is 11.6 Å². The minimum Gasteiger partial charge on any atom is -0.477 e. The maximum absolute atomic E-state index is 14.9. The maximum Gasteiger partial charge on any atom is 0.345 e. The number of aromatic nitrogens is 2. The molecule has 0 aliphatic rings. The molecule has 0 saturated carbocycles. The van der Waals surface area contributed by atoms with Crippen LogP contribution in [0.5, 0.6) is 0 Å². The van der Waals surface area contributed by atoms with E-state index in [0.717, 1.165) is 22.4 Å². The first kappa shape index (κ1) is 19.0. The Morgan fingerprint density at radius 2 is 2.07 bits per heavy atom. The second kappa shape index (κ2) is 7.61. The summed E-state index contributed by atoms with van der Waals surface area (Å²) >= 11 is 0.956. The van der Waals surface area contributed by atoms with E-state index in [1.54, 1.807) is 18.5 Å². The van der Waals surface area contributed by atoms with Gasteiger partial charge in [0.25, 0.3) is 0 Å². The number of imidazole rings is 1. The SMILES string of the molecule is NCC(Nc1ccc2nc[nH]c2c1)c1ccc(-c2csc(C(=O)O)c2)c(F)c1F. The van der Waals surface area contributed by atoms with Crippen LogP contribution in [0.2, 0.25) is 0 Å². The molecule has 0 amide bonds. The lowest BCUT2D eigenvalue weighted by atomic mass is 10.00. The number of aromatic carboxylic acids is 1. The average molecular weight is 414 g/mol. The molecule has 2 aromatic heterocycles. The van der Waals surface area contributed by atoms with Crippen molar-refractivity contribution in [3.8, 4) is 11.1 Å². The minimum absolute atomic E-state index is 0.00431. The third-order valence-corrected chi connectivity index (χ3v) is 5.52. The Hall–Kier alpha value is -3.30. The molecule has 9 heteroatoms. The molecule has 0 spiro atoms. The van der Waals surface area contributed by atoms with Crippen molar-refractivity contribution in [1.29, 1.82) is 0 Å². The second-order valence-corrected chi connectivity index (χ2v) is 7.31. The van der Waals surface area contributed by atoms with Crippen molar-refractivity contribution in [2.75, 3.05) is 11.9 Å². The predicted octanol–water partition coefficient (Wildman–Crippen LogP) is 4.38. The number of fused-ring (bicyclic) bond motifs is 1. The molecule has 0 aliphatic carbocycles. The molecule has 0 radical (unpaired) electrons. The van der Waals surface area contributed by atoms with Gasteiger partial charge in [0.2, 0.25) is 0 Å². The number of halogens is 2. The van der Waals surface area contributed by atoms with Crippen LogP contribution in [0.25, 0.3) is 22.2 Å². The van der Waals surface area contributed by atoms with Crippen molar-refractivity contribution in [1.82, 2.24) is 9.97 Å². The van der Waals surface area contributed by atoms with E-state index in [9.17, 15) is 13.6 Å². The van der Waals surface area contributed by atoms with Crippen LogP contribution in [0.1, 0.15) is 21.3 Å². The summed E-state index contributed by atoms with van der Waals surface area (Å²) in [5, 5.41) is 13.6. The fourth-order valence-corrected chi connectivity index (χ4v) is 3.88.